The molecular formula is C19H16F4N4O. The molecule has 0 N–H and O–H groups in total. The van der Waals surface area contributed by atoms with Crippen LogP contribution in [0.3, 0.4) is 0 Å². The minimum absolute atomic E-state index is 0.133. The first-order valence-corrected chi connectivity index (χ1v) is 8.79. The van der Waals surface area contributed by atoms with E-state index in [1.54, 1.807) is 24.3 Å². The van der Waals surface area contributed by atoms with E-state index in [0.29, 0.717) is 30.2 Å². The highest BCUT2D eigenvalue weighted by Gasteiger charge is 2.35. The number of piperidine rings is 1. The Morgan fingerprint density at radius 3 is 2.61 bits per heavy atom. The van der Waals surface area contributed by atoms with Crippen molar-refractivity contribution in [2.24, 2.45) is 0 Å². The molecule has 0 spiro atoms. The maximum atomic E-state index is 14.0. The lowest BCUT2D eigenvalue weighted by Gasteiger charge is -2.33. The molecule has 5 nitrogen and oxygen atoms in total. The third-order valence-corrected chi connectivity index (χ3v) is 4.91. The zero-order chi connectivity index (χ0) is 19.9. The van der Waals surface area contributed by atoms with Gasteiger partial charge in [-0.3, -0.25) is 9.48 Å². The number of hydrogen-bond donors (Lipinski definition) is 0. The van der Waals surface area contributed by atoms with Gasteiger partial charge in [-0.1, -0.05) is 24.3 Å². The van der Waals surface area contributed by atoms with Gasteiger partial charge < -0.3 is 4.90 Å². The van der Waals surface area contributed by atoms with E-state index in [4.69, 9.17) is 0 Å². The number of rotatable bonds is 2. The topological polar surface area (TPSA) is 51.0 Å². The van der Waals surface area contributed by atoms with Crippen LogP contribution in [0.15, 0.2) is 42.7 Å². The molecule has 3 aromatic rings. The third kappa shape index (κ3) is 3.32. The van der Waals surface area contributed by atoms with Crippen LogP contribution in [-0.2, 0) is 6.18 Å². The number of halogens is 4. The van der Waals surface area contributed by atoms with Crippen LogP contribution in [0.5, 0.6) is 0 Å². The lowest BCUT2D eigenvalue weighted by atomic mass is 10.0. The van der Waals surface area contributed by atoms with E-state index in [1.165, 1.54) is 15.8 Å². The summed E-state index contributed by atoms with van der Waals surface area (Å²) < 4.78 is 53.6. The van der Waals surface area contributed by atoms with Crippen LogP contribution in [0.1, 0.15) is 35.1 Å². The normalized spacial score (nSPS) is 17.9. The summed E-state index contributed by atoms with van der Waals surface area (Å²) in [5.41, 5.74) is -0.823. The lowest BCUT2D eigenvalue weighted by Crippen LogP contribution is -2.41. The Balaban J connectivity index is 1.59. The molecular weight excluding hydrogens is 376 g/mol. The fraction of sp³-hybridized carbons (Fsp3) is 0.316. The molecule has 0 saturated carbocycles. The van der Waals surface area contributed by atoms with Crippen LogP contribution < -0.4 is 0 Å². The predicted octanol–water partition coefficient (Wildman–Crippen LogP) is 4.07. The summed E-state index contributed by atoms with van der Waals surface area (Å²) in [5, 5.41) is 4.33. The van der Waals surface area contributed by atoms with Crippen LogP contribution >= 0.6 is 0 Å². The number of likely N-dealkylation sites (tertiary alicyclic amines) is 1. The lowest BCUT2D eigenvalue weighted by molar-refractivity contribution is -0.141. The molecule has 1 atom stereocenters. The SMILES string of the molecule is O=C(c1ncc(F)c2ccccc12)N1CCCC(n2ccc(C(F)(F)F)n2)C1. The maximum Gasteiger partial charge on any atom is 0.435 e. The molecule has 1 amide bonds. The minimum atomic E-state index is -4.51. The maximum absolute atomic E-state index is 14.0. The van der Waals surface area contributed by atoms with E-state index in [-0.39, 0.29) is 24.2 Å². The molecule has 146 valence electrons. The van der Waals surface area contributed by atoms with E-state index >= 15 is 0 Å². The van der Waals surface area contributed by atoms with E-state index in [1.807, 2.05) is 0 Å². The van der Waals surface area contributed by atoms with Crippen molar-refractivity contribution in [2.45, 2.75) is 25.1 Å². The number of amides is 1. The molecule has 0 bridgehead atoms. The molecule has 1 saturated heterocycles. The number of nitrogens with zero attached hydrogens (tertiary/aromatic N) is 4. The van der Waals surface area contributed by atoms with Gasteiger partial charge in [0.1, 0.15) is 11.5 Å². The van der Waals surface area contributed by atoms with Crippen molar-refractivity contribution in [1.29, 1.82) is 0 Å². The summed E-state index contributed by atoms with van der Waals surface area (Å²) >= 11 is 0. The van der Waals surface area contributed by atoms with Gasteiger partial charge in [0.25, 0.3) is 5.91 Å². The van der Waals surface area contributed by atoms with Gasteiger partial charge in [0.05, 0.1) is 12.2 Å². The molecule has 4 rings (SSSR count). The molecule has 0 radical (unpaired) electrons. The molecule has 28 heavy (non-hydrogen) atoms. The number of alkyl halides is 3. The second-order valence-corrected chi connectivity index (χ2v) is 6.73. The van der Waals surface area contributed by atoms with Crippen molar-refractivity contribution in [3.05, 3.63) is 59.9 Å². The first-order valence-electron chi connectivity index (χ1n) is 8.79. The Hall–Kier alpha value is -2.97. The zero-order valence-electron chi connectivity index (χ0n) is 14.7. The van der Waals surface area contributed by atoms with Crippen molar-refractivity contribution in [2.75, 3.05) is 13.1 Å². The van der Waals surface area contributed by atoms with Crippen molar-refractivity contribution in [3.8, 4) is 0 Å². The minimum Gasteiger partial charge on any atom is -0.335 e. The highest BCUT2D eigenvalue weighted by molar-refractivity contribution is 6.05. The van der Waals surface area contributed by atoms with Crippen molar-refractivity contribution in [1.82, 2.24) is 19.7 Å². The van der Waals surface area contributed by atoms with Gasteiger partial charge in [-0.25, -0.2) is 9.37 Å². The van der Waals surface area contributed by atoms with Crippen molar-refractivity contribution in [3.63, 3.8) is 0 Å². The van der Waals surface area contributed by atoms with E-state index in [2.05, 4.69) is 10.1 Å². The number of pyridine rings is 1. The Bertz CT molecular complexity index is 1030. The fourth-order valence-corrected chi connectivity index (χ4v) is 3.53. The predicted molar refractivity (Wildman–Crippen MR) is 93.1 cm³/mol. The number of benzene rings is 1. The average molecular weight is 392 g/mol. The summed E-state index contributed by atoms with van der Waals surface area (Å²) in [6.07, 6.45) is -0.976. The molecule has 9 heteroatoms. The van der Waals surface area contributed by atoms with Gasteiger partial charge in [0.15, 0.2) is 5.69 Å². The van der Waals surface area contributed by atoms with E-state index < -0.39 is 17.7 Å². The van der Waals surface area contributed by atoms with Crippen LogP contribution in [0.25, 0.3) is 10.8 Å². The molecule has 1 aromatic carbocycles. The summed E-state index contributed by atoms with van der Waals surface area (Å²) in [4.78, 5) is 18.5. The van der Waals surface area contributed by atoms with Crippen LogP contribution in [0.2, 0.25) is 0 Å². The smallest absolute Gasteiger partial charge is 0.335 e. The molecule has 1 aliphatic heterocycles. The summed E-state index contributed by atoms with van der Waals surface area (Å²) in [5.74, 6) is -0.885. The summed E-state index contributed by atoms with van der Waals surface area (Å²) in [7, 11) is 0. The first-order chi connectivity index (χ1) is 13.3. The monoisotopic (exact) mass is 392 g/mol. The Morgan fingerprint density at radius 1 is 1.14 bits per heavy atom. The van der Waals surface area contributed by atoms with E-state index in [9.17, 15) is 22.4 Å². The van der Waals surface area contributed by atoms with Gasteiger partial charge in [0.2, 0.25) is 0 Å². The first kappa shape index (κ1) is 18.4. The van der Waals surface area contributed by atoms with Crippen LogP contribution in [-0.4, -0.2) is 38.7 Å². The number of hydrogen-bond acceptors (Lipinski definition) is 3. The number of carbonyl (C=O) groups is 1. The molecule has 3 heterocycles. The Labute approximate surface area is 157 Å². The Morgan fingerprint density at radius 2 is 1.89 bits per heavy atom. The van der Waals surface area contributed by atoms with E-state index in [0.717, 1.165) is 12.3 Å². The van der Waals surface area contributed by atoms with Gasteiger partial charge >= 0.3 is 6.18 Å². The second kappa shape index (κ2) is 6.88. The second-order valence-electron chi connectivity index (χ2n) is 6.73. The molecule has 0 aliphatic carbocycles. The third-order valence-electron chi connectivity index (χ3n) is 4.91. The average Bonchev–Trinajstić information content (AvgIpc) is 3.19. The zero-order valence-corrected chi connectivity index (χ0v) is 14.7. The number of aromatic nitrogens is 3. The van der Waals surface area contributed by atoms with Gasteiger partial charge in [-0.05, 0) is 18.9 Å². The Kier molecular flexibility index (Phi) is 4.52. The van der Waals surface area contributed by atoms with Crippen molar-refractivity contribution >= 4 is 16.7 Å². The highest BCUT2D eigenvalue weighted by Crippen LogP contribution is 2.30. The fourth-order valence-electron chi connectivity index (χ4n) is 3.53. The quantitative estimate of drug-likeness (QED) is 0.618. The number of fused-ring (bicyclic) bond motifs is 1. The highest BCUT2D eigenvalue weighted by atomic mass is 19.4. The standard InChI is InChI=1S/C19H16F4N4O/c20-15-10-24-17(14-6-2-1-5-13(14)15)18(28)26-8-3-4-12(11-26)27-9-7-16(25-27)19(21,22)23/h1-2,5-7,9-10,12H,3-4,8,11H2. The summed E-state index contributed by atoms with van der Waals surface area (Å²) in [6, 6.07) is 7.14. The summed E-state index contributed by atoms with van der Waals surface area (Å²) in [6.45, 7) is 0.668. The van der Waals surface area contributed by atoms with Gasteiger partial charge in [-0.15, -0.1) is 0 Å². The molecule has 2 aromatic heterocycles. The largest absolute Gasteiger partial charge is 0.435 e. The van der Waals surface area contributed by atoms with Gasteiger partial charge in [-0.2, -0.15) is 18.3 Å². The van der Waals surface area contributed by atoms with Crippen LogP contribution in [0.4, 0.5) is 17.6 Å². The molecule has 1 fully saturated rings. The van der Waals surface area contributed by atoms with Crippen LogP contribution in [0, 0.1) is 5.82 Å². The molecule has 1 aliphatic rings. The van der Waals surface area contributed by atoms with Crippen molar-refractivity contribution < 1.29 is 22.4 Å². The number of carbonyl (C=O) groups excluding carboxylic acids is 1. The molecule has 1 unspecified atom stereocenters. The van der Waals surface area contributed by atoms with Gasteiger partial charge in [0, 0.05) is 30.1 Å².